The number of amides is 1. The summed E-state index contributed by atoms with van der Waals surface area (Å²) in [6.07, 6.45) is 0.876. The highest BCUT2D eigenvalue weighted by Crippen LogP contribution is 2.31. The molecule has 0 spiro atoms. The van der Waals surface area contributed by atoms with Crippen LogP contribution in [-0.4, -0.2) is 39.7 Å². The number of nitrogens with two attached hydrogens (primary N) is 1. The molecule has 0 aliphatic rings. The topological polar surface area (TPSA) is 95.1 Å². The summed E-state index contributed by atoms with van der Waals surface area (Å²) in [5, 5.41) is 2.94. The van der Waals surface area contributed by atoms with Crippen molar-refractivity contribution in [2.75, 3.05) is 18.9 Å². The maximum absolute atomic E-state index is 13.1. The van der Waals surface area contributed by atoms with Gasteiger partial charge in [-0.05, 0) is 50.6 Å². The maximum Gasteiger partial charge on any atom is 0.257 e. The van der Waals surface area contributed by atoms with Gasteiger partial charge in [0.2, 0.25) is 0 Å². The van der Waals surface area contributed by atoms with E-state index in [1.807, 2.05) is 62.4 Å². The van der Waals surface area contributed by atoms with Crippen LogP contribution >= 0.6 is 15.9 Å². The lowest BCUT2D eigenvalue weighted by molar-refractivity contribution is 0.0757. The summed E-state index contributed by atoms with van der Waals surface area (Å²) >= 11 is 3.50. The number of benzene rings is 2. The second kappa shape index (κ2) is 9.03. The number of nitrogens with zero attached hydrogens (tertiary/aromatic N) is 3. The number of ether oxygens (including phenoxy) is 1. The molecule has 4 rings (SSSR count). The minimum absolute atomic E-state index is 0.165. The van der Waals surface area contributed by atoms with E-state index in [1.54, 1.807) is 4.57 Å². The van der Waals surface area contributed by atoms with Gasteiger partial charge in [-0.2, -0.15) is 0 Å². The van der Waals surface area contributed by atoms with Crippen LogP contribution in [0.5, 0.6) is 0 Å². The van der Waals surface area contributed by atoms with Crippen LogP contribution in [0.15, 0.2) is 53.0 Å². The van der Waals surface area contributed by atoms with Crippen LogP contribution in [0, 0.1) is 0 Å². The Morgan fingerprint density at radius 3 is 2.61 bits per heavy atom. The van der Waals surface area contributed by atoms with Gasteiger partial charge in [0.15, 0.2) is 5.65 Å². The maximum atomic E-state index is 13.1. The Bertz CT molecular complexity index is 1250. The minimum atomic E-state index is -0.273. The Balaban J connectivity index is 1.78. The van der Waals surface area contributed by atoms with E-state index in [9.17, 15) is 4.79 Å². The third-order valence-electron chi connectivity index (χ3n) is 4.85. The molecule has 31 heavy (non-hydrogen) atoms. The first-order chi connectivity index (χ1) is 15.0. The molecule has 0 aliphatic carbocycles. The zero-order valence-corrected chi connectivity index (χ0v) is 19.0. The average molecular weight is 482 g/mol. The first kappa shape index (κ1) is 21.3. The molecule has 8 heteroatoms. The number of nitrogens with one attached hydrogen (secondary N) is 1. The molecule has 0 saturated heterocycles. The monoisotopic (exact) mass is 481 g/mol. The van der Waals surface area contributed by atoms with Crippen LogP contribution in [0.1, 0.15) is 30.6 Å². The Morgan fingerprint density at radius 2 is 1.90 bits per heavy atom. The normalized spacial score (nSPS) is 11.5. The number of hydrogen-bond acceptors (Lipinski definition) is 5. The van der Waals surface area contributed by atoms with Crippen LogP contribution in [-0.2, 0) is 4.74 Å². The minimum Gasteiger partial charge on any atom is -0.384 e. The fourth-order valence-electron chi connectivity index (χ4n) is 3.44. The number of nitrogen functional groups attached to an aromatic ring is 1. The molecule has 0 bridgehead atoms. The second-order valence-corrected chi connectivity index (χ2v) is 8.40. The van der Waals surface area contributed by atoms with E-state index >= 15 is 0 Å². The Hall–Kier alpha value is -2.97. The standard InChI is InChI=1S/C23H24BrN5O2/c1-14(2)31-12-6-11-26-23(30)19-20-22(28-18-10-4-3-9-17(18)27-20)29(21(19)25)16-8-5-7-15(24)13-16/h3-5,7-10,13-14H,6,11-12,25H2,1-2H3,(H,26,30). The molecular formula is C23H24BrN5O2. The molecule has 0 atom stereocenters. The van der Waals surface area contributed by atoms with E-state index < -0.39 is 0 Å². The zero-order valence-electron chi connectivity index (χ0n) is 17.4. The molecule has 0 unspecified atom stereocenters. The van der Waals surface area contributed by atoms with Gasteiger partial charge in [0.05, 0.1) is 22.8 Å². The molecule has 0 saturated carbocycles. The number of fused-ring (bicyclic) bond motifs is 2. The largest absolute Gasteiger partial charge is 0.384 e. The summed E-state index contributed by atoms with van der Waals surface area (Å²) in [4.78, 5) is 22.6. The van der Waals surface area contributed by atoms with E-state index in [2.05, 4.69) is 21.2 Å². The van der Waals surface area contributed by atoms with E-state index in [1.165, 1.54) is 0 Å². The average Bonchev–Trinajstić information content (AvgIpc) is 3.02. The molecule has 2 aromatic heterocycles. The van der Waals surface area contributed by atoms with Gasteiger partial charge in [0, 0.05) is 17.6 Å². The number of halogens is 1. The summed E-state index contributed by atoms with van der Waals surface area (Å²) < 4.78 is 8.21. The van der Waals surface area contributed by atoms with Gasteiger partial charge >= 0.3 is 0 Å². The SMILES string of the molecule is CC(C)OCCCNC(=O)c1c(N)n(-c2cccc(Br)c2)c2nc3ccccc3nc12. The van der Waals surface area contributed by atoms with Gasteiger partial charge < -0.3 is 15.8 Å². The predicted octanol–water partition coefficient (Wildman–Crippen LogP) is 4.46. The third-order valence-corrected chi connectivity index (χ3v) is 5.34. The molecule has 160 valence electrons. The Labute approximate surface area is 188 Å². The number of carbonyl (C=O) groups excluding carboxylic acids is 1. The number of hydrogen-bond donors (Lipinski definition) is 2. The van der Waals surface area contributed by atoms with Crippen molar-refractivity contribution in [1.29, 1.82) is 0 Å². The van der Waals surface area contributed by atoms with Crippen molar-refractivity contribution in [3.63, 3.8) is 0 Å². The van der Waals surface area contributed by atoms with Gasteiger partial charge in [-0.1, -0.05) is 34.1 Å². The van der Waals surface area contributed by atoms with Crippen LogP contribution < -0.4 is 11.1 Å². The number of anilines is 1. The van der Waals surface area contributed by atoms with Crippen LogP contribution in [0.2, 0.25) is 0 Å². The van der Waals surface area contributed by atoms with Gasteiger partial charge in [-0.15, -0.1) is 0 Å². The van der Waals surface area contributed by atoms with Crippen molar-refractivity contribution in [3.05, 3.63) is 58.6 Å². The van der Waals surface area contributed by atoms with E-state index in [0.717, 1.165) is 15.7 Å². The van der Waals surface area contributed by atoms with Gasteiger partial charge in [0.1, 0.15) is 16.9 Å². The van der Waals surface area contributed by atoms with Gasteiger partial charge in [-0.3, -0.25) is 9.36 Å². The summed E-state index contributed by atoms with van der Waals surface area (Å²) in [6.45, 7) is 5.03. The lowest BCUT2D eigenvalue weighted by Crippen LogP contribution is -2.26. The van der Waals surface area contributed by atoms with Crippen molar-refractivity contribution in [2.45, 2.75) is 26.4 Å². The van der Waals surface area contributed by atoms with Gasteiger partial charge in [0.25, 0.3) is 5.91 Å². The van der Waals surface area contributed by atoms with Crippen LogP contribution in [0.3, 0.4) is 0 Å². The number of aromatic nitrogens is 3. The Kier molecular flexibility index (Phi) is 6.20. The van der Waals surface area contributed by atoms with E-state index in [4.69, 9.17) is 20.4 Å². The van der Waals surface area contributed by atoms with Crippen molar-refractivity contribution >= 4 is 49.9 Å². The summed E-state index contributed by atoms with van der Waals surface area (Å²) in [6, 6.07) is 15.3. The fraction of sp³-hybridized carbons (Fsp3) is 0.261. The molecule has 3 N–H and O–H groups in total. The highest BCUT2D eigenvalue weighted by molar-refractivity contribution is 9.10. The zero-order chi connectivity index (χ0) is 22.0. The molecule has 1 amide bonds. The quantitative estimate of drug-likeness (QED) is 0.379. The van der Waals surface area contributed by atoms with Crippen molar-refractivity contribution in [2.24, 2.45) is 0 Å². The number of rotatable bonds is 7. The molecular weight excluding hydrogens is 458 g/mol. The highest BCUT2D eigenvalue weighted by Gasteiger charge is 2.24. The van der Waals surface area contributed by atoms with Crippen molar-refractivity contribution < 1.29 is 9.53 Å². The fourth-order valence-corrected chi connectivity index (χ4v) is 3.83. The highest BCUT2D eigenvalue weighted by atomic mass is 79.9. The molecule has 0 fully saturated rings. The summed E-state index contributed by atoms with van der Waals surface area (Å²) in [5.74, 6) is 0.0321. The lowest BCUT2D eigenvalue weighted by atomic mass is 10.2. The first-order valence-electron chi connectivity index (χ1n) is 10.2. The summed E-state index contributed by atoms with van der Waals surface area (Å²) in [7, 11) is 0. The number of para-hydroxylation sites is 2. The molecule has 0 aliphatic heterocycles. The van der Waals surface area contributed by atoms with Crippen molar-refractivity contribution in [1.82, 2.24) is 19.9 Å². The molecule has 4 aromatic rings. The molecule has 0 radical (unpaired) electrons. The lowest BCUT2D eigenvalue weighted by Gasteiger charge is -2.09. The Morgan fingerprint density at radius 1 is 1.16 bits per heavy atom. The smallest absolute Gasteiger partial charge is 0.257 e. The molecule has 2 heterocycles. The van der Waals surface area contributed by atoms with Crippen molar-refractivity contribution in [3.8, 4) is 5.69 Å². The van der Waals surface area contributed by atoms with E-state index in [0.29, 0.717) is 47.6 Å². The first-order valence-corrected chi connectivity index (χ1v) is 11.0. The third kappa shape index (κ3) is 4.40. The van der Waals surface area contributed by atoms with Crippen LogP contribution in [0.25, 0.3) is 27.9 Å². The predicted molar refractivity (Wildman–Crippen MR) is 127 cm³/mol. The second-order valence-electron chi connectivity index (χ2n) is 7.49. The number of carbonyl (C=O) groups is 1. The summed E-state index contributed by atoms with van der Waals surface area (Å²) in [5.41, 5.74) is 10.1. The van der Waals surface area contributed by atoms with Crippen LogP contribution in [0.4, 0.5) is 5.82 Å². The molecule has 2 aromatic carbocycles. The van der Waals surface area contributed by atoms with Gasteiger partial charge in [-0.25, -0.2) is 9.97 Å². The van der Waals surface area contributed by atoms with E-state index in [-0.39, 0.29) is 12.0 Å². The molecule has 7 nitrogen and oxygen atoms in total.